The zero-order valence-electron chi connectivity index (χ0n) is 11.8. The molecule has 0 bridgehead atoms. The fraction of sp³-hybridized carbons (Fsp3) is 0.333. The molecule has 1 fully saturated rings. The zero-order chi connectivity index (χ0) is 15.5. The van der Waals surface area contributed by atoms with Crippen LogP contribution in [0, 0.1) is 0 Å². The standard InChI is InChI=1S/C15H16ClNO4/c1-15(2)20-12(14(19)21-15)9-13(18)17-8-7-10-3-5-11(16)6-4-10/h3-6,9H,7-8H2,1-2H3,(H,17,18)/b12-9-. The minimum absolute atomic E-state index is 0.0796. The molecule has 0 spiro atoms. The van der Waals surface area contributed by atoms with Crippen LogP contribution in [0.3, 0.4) is 0 Å². The highest BCUT2D eigenvalue weighted by molar-refractivity contribution is 6.30. The van der Waals surface area contributed by atoms with Crippen LogP contribution in [0.1, 0.15) is 19.4 Å². The van der Waals surface area contributed by atoms with Gasteiger partial charge < -0.3 is 14.8 Å². The maximum atomic E-state index is 11.7. The second kappa shape index (κ2) is 6.18. The third-order valence-electron chi connectivity index (χ3n) is 2.78. The lowest BCUT2D eigenvalue weighted by atomic mass is 10.1. The van der Waals surface area contributed by atoms with Crippen molar-refractivity contribution < 1.29 is 19.1 Å². The zero-order valence-corrected chi connectivity index (χ0v) is 12.6. The van der Waals surface area contributed by atoms with Gasteiger partial charge in [0.1, 0.15) is 0 Å². The molecule has 6 heteroatoms. The molecule has 1 heterocycles. The van der Waals surface area contributed by atoms with Crippen molar-refractivity contribution in [2.45, 2.75) is 26.1 Å². The molecule has 1 amide bonds. The first kappa shape index (κ1) is 15.4. The monoisotopic (exact) mass is 309 g/mol. The summed E-state index contributed by atoms with van der Waals surface area (Å²) in [5, 5.41) is 3.36. The molecular weight excluding hydrogens is 294 g/mol. The summed E-state index contributed by atoms with van der Waals surface area (Å²) in [5.74, 6) is -2.13. The van der Waals surface area contributed by atoms with E-state index >= 15 is 0 Å². The first-order valence-corrected chi connectivity index (χ1v) is 6.90. The Morgan fingerprint density at radius 1 is 1.29 bits per heavy atom. The number of halogens is 1. The van der Waals surface area contributed by atoms with E-state index in [1.165, 1.54) is 0 Å². The van der Waals surface area contributed by atoms with E-state index in [1.54, 1.807) is 26.0 Å². The van der Waals surface area contributed by atoms with E-state index in [0.717, 1.165) is 11.6 Å². The molecule has 21 heavy (non-hydrogen) atoms. The van der Waals surface area contributed by atoms with E-state index in [-0.39, 0.29) is 5.76 Å². The maximum Gasteiger partial charge on any atom is 0.377 e. The lowest BCUT2D eigenvalue weighted by Crippen LogP contribution is -2.24. The maximum absolute atomic E-state index is 11.7. The van der Waals surface area contributed by atoms with Crippen molar-refractivity contribution in [3.63, 3.8) is 0 Å². The quantitative estimate of drug-likeness (QED) is 0.684. The van der Waals surface area contributed by atoms with E-state index in [2.05, 4.69) is 5.32 Å². The molecule has 0 unspecified atom stereocenters. The first-order chi connectivity index (χ1) is 9.85. The molecule has 0 saturated carbocycles. The van der Waals surface area contributed by atoms with Gasteiger partial charge >= 0.3 is 5.97 Å². The van der Waals surface area contributed by atoms with Crippen LogP contribution in [0.15, 0.2) is 36.1 Å². The number of rotatable bonds is 4. The van der Waals surface area contributed by atoms with E-state index in [4.69, 9.17) is 21.1 Å². The number of carbonyl (C=O) groups is 2. The van der Waals surface area contributed by atoms with Gasteiger partial charge in [0.25, 0.3) is 0 Å². The third kappa shape index (κ3) is 4.49. The minimum atomic E-state index is -1.02. The molecule has 1 N–H and O–H groups in total. The van der Waals surface area contributed by atoms with Crippen LogP contribution >= 0.6 is 11.6 Å². The Kier molecular flexibility index (Phi) is 4.53. The van der Waals surface area contributed by atoms with Crippen LogP contribution in [0.4, 0.5) is 0 Å². The van der Waals surface area contributed by atoms with Crippen molar-refractivity contribution in [3.8, 4) is 0 Å². The summed E-state index contributed by atoms with van der Waals surface area (Å²) in [4.78, 5) is 23.1. The summed E-state index contributed by atoms with van der Waals surface area (Å²) in [5.41, 5.74) is 1.06. The Morgan fingerprint density at radius 2 is 1.95 bits per heavy atom. The van der Waals surface area contributed by atoms with Crippen LogP contribution in [0.25, 0.3) is 0 Å². The largest absolute Gasteiger partial charge is 0.445 e. The number of hydrogen-bond donors (Lipinski definition) is 1. The van der Waals surface area contributed by atoms with Crippen LogP contribution in [-0.4, -0.2) is 24.2 Å². The van der Waals surface area contributed by atoms with Gasteiger partial charge in [-0.1, -0.05) is 23.7 Å². The van der Waals surface area contributed by atoms with E-state index < -0.39 is 17.7 Å². The van der Waals surface area contributed by atoms with E-state index in [0.29, 0.717) is 18.0 Å². The Bertz CT molecular complexity index is 578. The van der Waals surface area contributed by atoms with Gasteiger partial charge in [-0.2, -0.15) is 0 Å². The number of nitrogens with one attached hydrogen (secondary N) is 1. The predicted octanol–water partition coefficient (Wildman–Crippen LogP) is 2.19. The summed E-state index contributed by atoms with van der Waals surface area (Å²) >= 11 is 5.79. The molecule has 1 aromatic rings. The minimum Gasteiger partial charge on any atom is -0.445 e. The smallest absolute Gasteiger partial charge is 0.377 e. The summed E-state index contributed by atoms with van der Waals surface area (Å²) in [7, 11) is 0. The number of benzene rings is 1. The highest BCUT2D eigenvalue weighted by Gasteiger charge is 2.37. The van der Waals surface area contributed by atoms with Gasteiger partial charge in [0.05, 0.1) is 6.08 Å². The number of cyclic esters (lactones) is 1. The van der Waals surface area contributed by atoms with Crippen molar-refractivity contribution in [2.24, 2.45) is 0 Å². The number of amides is 1. The Balaban J connectivity index is 1.83. The van der Waals surface area contributed by atoms with Gasteiger partial charge in [0, 0.05) is 25.4 Å². The Labute approximate surface area is 127 Å². The number of ether oxygens (including phenoxy) is 2. The highest BCUT2D eigenvalue weighted by Crippen LogP contribution is 2.25. The normalized spacial score (nSPS) is 18.2. The number of esters is 1. The van der Waals surface area contributed by atoms with Crippen molar-refractivity contribution >= 4 is 23.5 Å². The van der Waals surface area contributed by atoms with E-state index in [9.17, 15) is 9.59 Å². The van der Waals surface area contributed by atoms with Gasteiger partial charge in [0.15, 0.2) is 0 Å². The van der Waals surface area contributed by atoms with Crippen molar-refractivity contribution in [3.05, 3.63) is 46.7 Å². The van der Waals surface area contributed by atoms with Crippen LogP contribution in [0.5, 0.6) is 0 Å². The molecule has 0 atom stereocenters. The fourth-order valence-electron chi connectivity index (χ4n) is 1.84. The van der Waals surface area contributed by atoms with Crippen molar-refractivity contribution in [1.82, 2.24) is 5.32 Å². The molecular formula is C15H16ClNO4. The molecule has 0 aromatic heterocycles. The average Bonchev–Trinajstić information content (AvgIpc) is 2.64. The molecule has 5 nitrogen and oxygen atoms in total. The molecule has 0 aliphatic carbocycles. The lowest BCUT2D eigenvalue weighted by Gasteiger charge is -2.13. The van der Waals surface area contributed by atoms with Crippen molar-refractivity contribution in [2.75, 3.05) is 6.54 Å². The summed E-state index contributed by atoms with van der Waals surface area (Å²) in [6.07, 6.45) is 1.78. The van der Waals surface area contributed by atoms with Crippen LogP contribution in [-0.2, 0) is 25.5 Å². The Hall–Kier alpha value is -2.01. The van der Waals surface area contributed by atoms with Gasteiger partial charge in [-0.25, -0.2) is 4.79 Å². The van der Waals surface area contributed by atoms with Crippen LogP contribution in [0.2, 0.25) is 5.02 Å². The SMILES string of the molecule is CC1(C)OC(=O)/C(=C/C(=O)NCCc2ccc(Cl)cc2)O1. The third-order valence-corrected chi connectivity index (χ3v) is 3.04. The lowest BCUT2D eigenvalue weighted by molar-refractivity contribution is -0.159. The topological polar surface area (TPSA) is 64.6 Å². The molecule has 1 aliphatic heterocycles. The first-order valence-electron chi connectivity index (χ1n) is 6.52. The number of carbonyl (C=O) groups excluding carboxylic acids is 2. The highest BCUT2D eigenvalue weighted by atomic mass is 35.5. The molecule has 1 saturated heterocycles. The van der Waals surface area contributed by atoms with Gasteiger partial charge in [-0.3, -0.25) is 4.79 Å². The van der Waals surface area contributed by atoms with Gasteiger partial charge in [-0.15, -0.1) is 0 Å². The van der Waals surface area contributed by atoms with E-state index in [1.807, 2.05) is 12.1 Å². The second-order valence-corrected chi connectivity index (χ2v) is 5.50. The number of hydrogen-bond acceptors (Lipinski definition) is 4. The summed E-state index contributed by atoms with van der Waals surface area (Å²) in [6, 6.07) is 7.39. The fourth-order valence-corrected chi connectivity index (χ4v) is 1.97. The second-order valence-electron chi connectivity index (χ2n) is 5.07. The summed E-state index contributed by atoms with van der Waals surface area (Å²) < 4.78 is 10.1. The average molecular weight is 310 g/mol. The predicted molar refractivity (Wildman–Crippen MR) is 77.5 cm³/mol. The molecule has 0 radical (unpaired) electrons. The van der Waals surface area contributed by atoms with Gasteiger partial charge in [-0.05, 0) is 24.1 Å². The molecule has 1 aliphatic rings. The summed E-state index contributed by atoms with van der Waals surface area (Å²) in [6.45, 7) is 3.65. The molecule has 2 rings (SSSR count). The Morgan fingerprint density at radius 3 is 2.52 bits per heavy atom. The van der Waals surface area contributed by atoms with Gasteiger partial charge in [0.2, 0.25) is 17.5 Å². The van der Waals surface area contributed by atoms with Crippen LogP contribution < -0.4 is 5.32 Å². The van der Waals surface area contributed by atoms with Crippen molar-refractivity contribution in [1.29, 1.82) is 0 Å². The molecule has 1 aromatic carbocycles. The molecule has 112 valence electrons.